The van der Waals surface area contributed by atoms with Gasteiger partial charge in [-0.15, -0.1) is 0 Å². The zero-order chi connectivity index (χ0) is 18.8. The van der Waals surface area contributed by atoms with Crippen molar-refractivity contribution in [2.75, 3.05) is 0 Å². The van der Waals surface area contributed by atoms with Crippen LogP contribution >= 0.6 is 0 Å². The molecule has 6 nitrogen and oxygen atoms in total. The third kappa shape index (κ3) is 3.32. The number of carbonyl (C=O) groups is 2. The van der Waals surface area contributed by atoms with E-state index in [2.05, 4.69) is 9.97 Å². The monoisotopic (exact) mass is 358 g/mol. The molecule has 0 atom stereocenters. The minimum atomic E-state index is -0.506. The van der Waals surface area contributed by atoms with Gasteiger partial charge in [0.05, 0.1) is 11.1 Å². The van der Waals surface area contributed by atoms with Crippen molar-refractivity contribution in [2.45, 2.75) is 6.92 Å². The van der Waals surface area contributed by atoms with E-state index >= 15 is 0 Å². The number of aromatic nitrogens is 2. The van der Waals surface area contributed by atoms with Gasteiger partial charge in [0.1, 0.15) is 11.5 Å². The molecule has 2 aromatic heterocycles. The number of ether oxygens (including phenoxy) is 2. The van der Waals surface area contributed by atoms with Crippen LogP contribution in [0.15, 0.2) is 66.9 Å². The number of pyridine rings is 2. The Morgan fingerprint density at radius 2 is 1.70 bits per heavy atom. The molecule has 1 aliphatic rings. The van der Waals surface area contributed by atoms with E-state index in [4.69, 9.17) is 9.47 Å². The standard InChI is InChI=1S/C21H14N2O4/c1-13-10-16(26-21(25)15-4-8-23-9-5-15)12-17-19(13)20(24)18(27-17)11-14-2-6-22-7-3-14/h2-12H,1H3/b18-11-. The summed E-state index contributed by atoms with van der Waals surface area (Å²) in [5.74, 6) is 0.195. The lowest BCUT2D eigenvalue weighted by Crippen LogP contribution is -2.08. The smallest absolute Gasteiger partial charge is 0.343 e. The molecule has 0 aliphatic carbocycles. The van der Waals surface area contributed by atoms with Gasteiger partial charge in [0.25, 0.3) is 0 Å². The fourth-order valence-corrected chi connectivity index (χ4v) is 2.80. The summed E-state index contributed by atoms with van der Waals surface area (Å²) in [6.07, 6.45) is 7.97. The van der Waals surface area contributed by atoms with Gasteiger partial charge in [0, 0.05) is 30.9 Å². The van der Waals surface area contributed by atoms with Crippen LogP contribution in [0.2, 0.25) is 0 Å². The normalized spacial score (nSPS) is 14.0. The largest absolute Gasteiger partial charge is 0.452 e. The van der Waals surface area contributed by atoms with Gasteiger partial charge in [0.2, 0.25) is 5.78 Å². The molecule has 0 bridgehead atoms. The molecule has 0 saturated heterocycles. The highest BCUT2D eigenvalue weighted by molar-refractivity contribution is 6.15. The Kier molecular flexibility index (Phi) is 4.22. The molecule has 0 amide bonds. The Labute approximate surface area is 155 Å². The summed E-state index contributed by atoms with van der Waals surface area (Å²) in [7, 11) is 0. The highest BCUT2D eigenvalue weighted by Gasteiger charge is 2.30. The number of hydrogen-bond donors (Lipinski definition) is 0. The number of aryl methyl sites for hydroxylation is 1. The van der Waals surface area contributed by atoms with Crippen LogP contribution in [-0.4, -0.2) is 21.7 Å². The molecule has 6 heteroatoms. The number of hydrogen-bond acceptors (Lipinski definition) is 6. The molecule has 0 fully saturated rings. The predicted molar refractivity (Wildman–Crippen MR) is 97.5 cm³/mol. The molecular formula is C21H14N2O4. The zero-order valence-electron chi connectivity index (χ0n) is 14.4. The van der Waals surface area contributed by atoms with E-state index in [0.717, 1.165) is 5.56 Å². The fraction of sp³-hybridized carbons (Fsp3) is 0.0476. The first-order valence-electron chi connectivity index (χ1n) is 8.23. The van der Waals surface area contributed by atoms with Gasteiger partial charge in [-0.1, -0.05) is 0 Å². The summed E-state index contributed by atoms with van der Waals surface area (Å²) in [5, 5.41) is 0. The molecular weight excluding hydrogens is 344 g/mol. The molecule has 0 saturated carbocycles. The summed E-state index contributed by atoms with van der Waals surface area (Å²) >= 11 is 0. The highest BCUT2D eigenvalue weighted by atomic mass is 16.5. The van der Waals surface area contributed by atoms with E-state index in [9.17, 15) is 9.59 Å². The quantitative estimate of drug-likeness (QED) is 0.404. The van der Waals surface area contributed by atoms with Crippen LogP contribution in [-0.2, 0) is 0 Å². The maximum Gasteiger partial charge on any atom is 0.343 e. The fourth-order valence-electron chi connectivity index (χ4n) is 2.80. The Morgan fingerprint density at radius 1 is 1.04 bits per heavy atom. The molecule has 27 heavy (non-hydrogen) atoms. The van der Waals surface area contributed by atoms with Gasteiger partial charge in [0.15, 0.2) is 5.76 Å². The van der Waals surface area contributed by atoms with E-state index in [1.165, 1.54) is 12.4 Å². The Balaban J connectivity index is 1.62. The summed E-state index contributed by atoms with van der Waals surface area (Å²) in [6, 6.07) is 9.89. The number of rotatable bonds is 3. The van der Waals surface area contributed by atoms with Crippen LogP contribution in [0.1, 0.15) is 31.8 Å². The number of esters is 1. The van der Waals surface area contributed by atoms with Gasteiger partial charge < -0.3 is 9.47 Å². The lowest BCUT2D eigenvalue weighted by Gasteiger charge is -2.07. The first-order chi connectivity index (χ1) is 13.1. The first-order valence-corrected chi connectivity index (χ1v) is 8.23. The molecule has 0 unspecified atom stereocenters. The van der Waals surface area contributed by atoms with E-state index < -0.39 is 5.97 Å². The van der Waals surface area contributed by atoms with E-state index in [-0.39, 0.29) is 11.5 Å². The summed E-state index contributed by atoms with van der Waals surface area (Å²) in [5.41, 5.74) is 2.34. The molecule has 1 aromatic carbocycles. The van der Waals surface area contributed by atoms with Crippen molar-refractivity contribution in [2.24, 2.45) is 0 Å². The van der Waals surface area contributed by atoms with Crippen molar-refractivity contribution in [1.82, 2.24) is 9.97 Å². The second-order valence-corrected chi connectivity index (χ2v) is 5.96. The minimum Gasteiger partial charge on any atom is -0.452 e. The van der Waals surface area contributed by atoms with E-state index in [1.807, 2.05) is 0 Å². The number of benzene rings is 1. The molecule has 0 N–H and O–H groups in total. The van der Waals surface area contributed by atoms with Crippen molar-refractivity contribution >= 4 is 17.8 Å². The van der Waals surface area contributed by atoms with Gasteiger partial charge in [-0.3, -0.25) is 14.8 Å². The van der Waals surface area contributed by atoms with E-state index in [1.54, 1.807) is 61.8 Å². The first kappa shape index (κ1) is 16.7. The zero-order valence-corrected chi connectivity index (χ0v) is 14.4. The average molecular weight is 358 g/mol. The lowest BCUT2D eigenvalue weighted by atomic mass is 10.0. The van der Waals surface area contributed by atoms with Gasteiger partial charge in [-0.2, -0.15) is 0 Å². The molecule has 1 aliphatic heterocycles. The van der Waals surface area contributed by atoms with Crippen molar-refractivity contribution in [1.29, 1.82) is 0 Å². The topological polar surface area (TPSA) is 78.4 Å². The Morgan fingerprint density at radius 3 is 2.41 bits per heavy atom. The number of Topliss-reactive ketones (excluding diaryl/α,β-unsaturated/α-hetero) is 1. The van der Waals surface area contributed by atoms with Gasteiger partial charge in [-0.05, 0) is 54.5 Å². The van der Waals surface area contributed by atoms with Crippen LogP contribution in [0, 0.1) is 6.92 Å². The molecule has 3 heterocycles. The van der Waals surface area contributed by atoms with Crippen LogP contribution in [0.25, 0.3) is 6.08 Å². The lowest BCUT2D eigenvalue weighted by molar-refractivity contribution is 0.0734. The number of nitrogens with zero attached hydrogens (tertiary/aromatic N) is 2. The van der Waals surface area contributed by atoms with Crippen LogP contribution in [0.4, 0.5) is 0 Å². The average Bonchev–Trinajstić information content (AvgIpc) is 2.99. The molecule has 4 rings (SSSR count). The van der Waals surface area contributed by atoms with Gasteiger partial charge in [-0.25, -0.2) is 4.79 Å². The minimum absolute atomic E-state index is 0.202. The maximum absolute atomic E-state index is 12.7. The third-order valence-electron chi connectivity index (χ3n) is 4.07. The molecule has 0 radical (unpaired) electrons. The van der Waals surface area contributed by atoms with Gasteiger partial charge >= 0.3 is 5.97 Å². The number of ketones is 1. The number of allylic oxidation sites excluding steroid dienone is 1. The van der Waals surface area contributed by atoms with Crippen LogP contribution < -0.4 is 9.47 Å². The maximum atomic E-state index is 12.7. The SMILES string of the molecule is Cc1cc(OC(=O)c2ccncc2)cc2c1C(=O)/C(=C/c1ccncc1)O2. The third-order valence-corrected chi connectivity index (χ3v) is 4.07. The van der Waals surface area contributed by atoms with Crippen LogP contribution in [0.3, 0.4) is 0 Å². The summed E-state index contributed by atoms with van der Waals surface area (Å²) in [6.45, 7) is 1.78. The second kappa shape index (κ2) is 6.84. The summed E-state index contributed by atoms with van der Waals surface area (Å²) < 4.78 is 11.1. The van der Waals surface area contributed by atoms with Crippen molar-refractivity contribution in [3.63, 3.8) is 0 Å². The number of carbonyl (C=O) groups excluding carboxylic acids is 2. The van der Waals surface area contributed by atoms with Crippen molar-refractivity contribution in [3.05, 3.63) is 89.2 Å². The van der Waals surface area contributed by atoms with Crippen molar-refractivity contribution in [3.8, 4) is 11.5 Å². The summed E-state index contributed by atoms with van der Waals surface area (Å²) in [4.78, 5) is 32.7. The Bertz CT molecular complexity index is 1060. The molecule has 3 aromatic rings. The molecule has 132 valence electrons. The second-order valence-electron chi connectivity index (χ2n) is 5.96. The predicted octanol–water partition coefficient (Wildman–Crippen LogP) is 3.62. The van der Waals surface area contributed by atoms with Crippen molar-refractivity contribution < 1.29 is 19.1 Å². The molecule has 0 spiro atoms. The Hall–Kier alpha value is -3.80. The van der Waals surface area contributed by atoms with Crippen LogP contribution in [0.5, 0.6) is 11.5 Å². The number of fused-ring (bicyclic) bond motifs is 1. The van der Waals surface area contributed by atoms with E-state index in [0.29, 0.717) is 28.2 Å². The highest BCUT2D eigenvalue weighted by Crippen LogP contribution is 2.37.